The number of aryl methyl sites for hydroxylation is 1. The highest BCUT2D eigenvalue weighted by atomic mass is 16.2. The number of amides is 1. The van der Waals surface area contributed by atoms with Gasteiger partial charge in [-0.25, -0.2) is 0 Å². The molecule has 0 heterocycles. The van der Waals surface area contributed by atoms with E-state index >= 15 is 0 Å². The van der Waals surface area contributed by atoms with E-state index in [2.05, 4.69) is 55.3 Å². The molecular formula is C19H30N2O. The molecule has 1 saturated carbocycles. The van der Waals surface area contributed by atoms with Crippen LogP contribution in [-0.4, -0.2) is 30.4 Å². The van der Waals surface area contributed by atoms with Gasteiger partial charge in [0.1, 0.15) is 0 Å². The Morgan fingerprint density at radius 1 is 1.27 bits per heavy atom. The standard InChI is InChI=1S/C19H30N2O/c1-14-9-7-11-18(16(14)3)20-19(22)13-21(4)12-17-10-6-5-8-15(17)2/h5-6,8,10,14,16,18H,7,9,11-13H2,1-4H3,(H,20,22). The van der Waals surface area contributed by atoms with Crippen LogP contribution in [-0.2, 0) is 11.3 Å². The molecule has 0 saturated heterocycles. The molecule has 122 valence electrons. The van der Waals surface area contributed by atoms with Gasteiger partial charge in [-0.05, 0) is 43.4 Å². The molecule has 1 amide bonds. The largest absolute Gasteiger partial charge is 0.352 e. The summed E-state index contributed by atoms with van der Waals surface area (Å²) in [5.41, 5.74) is 2.57. The summed E-state index contributed by atoms with van der Waals surface area (Å²) in [5.74, 6) is 1.45. The van der Waals surface area contributed by atoms with Crippen LogP contribution in [0.2, 0.25) is 0 Å². The lowest BCUT2D eigenvalue weighted by molar-refractivity contribution is -0.123. The minimum Gasteiger partial charge on any atom is -0.352 e. The summed E-state index contributed by atoms with van der Waals surface area (Å²) in [5, 5.41) is 3.25. The van der Waals surface area contributed by atoms with E-state index < -0.39 is 0 Å². The summed E-state index contributed by atoms with van der Waals surface area (Å²) in [6.07, 6.45) is 3.65. The topological polar surface area (TPSA) is 32.3 Å². The van der Waals surface area contributed by atoms with E-state index in [1.807, 2.05) is 7.05 Å². The minimum atomic E-state index is 0.155. The molecule has 0 aromatic heterocycles. The fourth-order valence-corrected chi connectivity index (χ4v) is 3.42. The first-order valence-corrected chi connectivity index (χ1v) is 8.49. The number of hydrogen-bond donors (Lipinski definition) is 1. The fraction of sp³-hybridized carbons (Fsp3) is 0.632. The van der Waals surface area contributed by atoms with Gasteiger partial charge in [-0.15, -0.1) is 0 Å². The quantitative estimate of drug-likeness (QED) is 0.904. The van der Waals surface area contributed by atoms with Crippen LogP contribution in [0.15, 0.2) is 24.3 Å². The van der Waals surface area contributed by atoms with Gasteiger partial charge in [0, 0.05) is 12.6 Å². The number of hydrogen-bond acceptors (Lipinski definition) is 2. The van der Waals surface area contributed by atoms with Gasteiger partial charge < -0.3 is 5.32 Å². The van der Waals surface area contributed by atoms with Gasteiger partial charge in [-0.1, -0.05) is 51.0 Å². The van der Waals surface area contributed by atoms with Crippen molar-refractivity contribution < 1.29 is 4.79 Å². The van der Waals surface area contributed by atoms with Crippen molar-refractivity contribution in [2.45, 2.75) is 52.6 Å². The molecule has 3 atom stereocenters. The molecule has 1 fully saturated rings. The van der Waals surface area contributed by atoms with Crippen LogP contribution in [0.5, 0.6) is 0 Å². The number of carbonyl (C=O) groups is 1. The van der Waals surface area contributed by atoms with Gasteiger partial charge in [0.05, 0.1) is 6.54 Å². The molecule has 0 radical (unpaired) electrons. The van der Waals surface area contributed by atoms with Gasteiger partial charge in [-0.3, -0.25) is 9.69 Å². The molecule has 1 aromatic rings. The Hall–Kier alpha value is -1.35. The first-order valence-electron chi connectivity index (χ1n) is 8.49. The average molecular weight is 302 g/mol. The lowest BCUT2D eigenvalue weighted by Gasteiger charge is -2.35. The molecule has 1 aromatic carbocycles. The number of nitrogens with zero attached hydrogens (tertiary/aromatic N) is 1. The maximum absolute atomic E-state index is 12.3. The van der Waals surface area contributed by atoms with Crippen molar-refractivity contribution in [3.8, 4) is 0 Å². The first kappa shape index (κ1) is 17.0. The zero-order valence-corrected chi connectivity index (χ0v) is 14.4. The van der Waals surface area contributed by atoms with E-state index in [0.29, 0.717) is 24.4 Å². The number of carbonyl (C=O) groups excluding carboxylic acids is 1. The van der Waals surface area contributed by atoms with Crippen molar-refractivity contribution in [3.63, 3.8) is 0 Å². The molecule has 0 aliphatic heterocycles. The highest BCUT2D eigenvalue weighted by Crippen LogP contribution is 2.29. The Morgan fingerprint density at radius 3 is 2.73 bits per heavy atom. The third kappa shape index (κ3) is 4.57. The monoisotopic (exact) mass is 302 g/mol. The lowest BCUT2D eigenvalue weighted by atomic mass is 9.78. The predicted molar refractivity (Wildman–Crippen MR) is 91.6 cm³/mol. The Balaban J connectivity index is 1.82. The lowest BCUT2D eigenvalue weighted by Crippen LogP contribution is -2.46. The SMILES string of the molecule is Cc1ccccc1CN(C)CC(=O)NC1CCCC(C)C1C. The summed E-state index contributed by atoms with van der Waals surface area (Å²) in [4.78, 5) is 14.4. The normalized spacial score (nSPS) is 25.2. The van der Waals surface area contributed by atoms with E-state index in [-0.39, 0.29) is 5.91 Å². The fourth-order valence-electron chi connectivity index (χ4n) is 3.42. The second kappa shape index (κ2) is 7.77. The second-order valence-corrected chi connectivity index (χ2v) is 7.04. The van der Waals surface area contributed by atoms with Crippen molar-refractivity contribution in [1.29, 1.82) is 0 Å². The van der Waals surface area contributed by atoms with E-state index in [0.717, 1.165) is 13.0 Å². The highest BCUT2D eigenvalue weighted by molar-refractivity contribution is 5.78. The summed E-state index contributed by atoms with van der Waals surface area (Å²) in [6, 6.07) is 8.71. The van der Waals surface area contributed by atoms with Gasteiger partial charge in [-0.2, -0.15) is 0 Å². The van der Waals surface area contributed by atoms with E-state index in [1.54, 1.807) is 0 Å². The molecule has 3 nitrogen and oxygen atoms in total. The summed E-state index contributed by atoms with van der Waals surface area (Å²) in [6.45, 7) is 7.97. The zero-order valence-electron chi connectivity index (χ0n) is 14.4. The van der Waals surface area contributed by atoms with Crippen molar-refractivity contribution in [1.82, 2.24) is 10.2 Å². The van der Waals surface area contributed by atoms with Crippen molar-refractivity contribution in [2.24, 2.45) is 11.8 Å². The first-order chi connectivity index (χ1) is 10.5. The maximum atomic E-state index is 12.3. The van der Waals surface area contributed by atoms with Crippen LogP contribution in [0.4, 0.5) is 0 Å². The van der Waals surface area contributed by atoms with Crippen molar-refractivity contribution in [2.75, 3.05) is 13.6 Å². The Labute approximate surface area is 135 Å². The van der Waals surface area contributed by atoms with Gasteiger partial charge in [0.25, 0.3) is 0 Å². The summed E-state index contributed by atoms with van der Waals surface area (Å²) >= 11 is 0. The van der Waals surface area contributed by atoms with Crippen LogP contribution in [0.3, 0.4) is 0 Å². The molecule has 1 aliphatic rings. The van der Waals surface area contributed by atoms with Crippen molar-refractivity contribution in [3.05, 3.63) is 35.4 Å². The number of nitrogens with one attached hydrogen (secondary N) is 1. The molecule has 3 unspecified atom stereocenters. The van der Waals surface area contributed by atoms with E-state index in [4.69, 9.17) is 0 Å². The number of likely N-dealkylation sites (N-methyl/N-ethyl adjacent to an activating group) is 1. The molecular weight excluding hydrogens is 272 g/mol. The van der Waals surface area contributed by atoms with Crippen molar-refractivity contribution >= 4 is 5.91 Å². The molecule has 0 bridgehead atoms. The average Bonchev–Trinajstić information content (AvgIpc) is 2.46. The smallest absolute Gasteiger partial charge is 0.234 e. The molecule has 3 heteroatoms. The zero-order chi connectivity index (χ0) is 16.1. The molecule has 1 N–H and O–H groups in total. The summed E-state index contributed by atoms with van der Waals surface area (Å²) in [7, 11) is 2.01. The van der Waals surface area contributed by atoms with Gasteiger partial charge >= 0.3 is 0 Å². The second-order valence-electron chi connectivity index (χ2n) is 7.04. The van der Waals surface area contributed by atoms with Crippen LogP contribution in [0.25, 0.3) is 0 Å². The Kier molecular flexibility index (Phi) is 6.01. The Morgan fingerprint density at radius 2 is 2.00 bits per heavy atom. The van der Waals surface area contributed by atoms with Crippen LogP contribution < -0.4 is 5.32 Å². The highest BCUT2D eigenvalue weighted by Gasteiger charge is 2.28. The third-order valence-corrected chi connectivity index (χ3v) is 5.17. The number of benzene rings is 1. The molecule has 1 aliphatic carbocycles. The summed E-state index contributed by atoms with van der Waals surface area (Å²) < 4.78 is 0. The molecule has 22 heavy (non-hydrogen) atoms. The molecule has 0 spiro atoms. The molecule has 2 rings (SSSR count). The van der Waals surface area contributed by atoms with E-state index in [9.17, 15) is 4.79 Å². The number of rotatable bonds is 5. The predicted octanol–water partition coefficient (Wildman–Crippen LogP) is 3.37. The van der Waals surface area contributed by atoms with Gasteiger partial charge in [0.15, 0.2) is 0 Å². The maximum Gasteiger partial charge on any atom is 0.234 e. The third-order valence-electron chi connectivity index (χ3n) is 5.17. The Bertz CT molecular complexity index is 500. The van der Waals surface area contributed by atoms with Gasteiger partial charge in [0.2, 0.25) is 5.91 Å². The minimum absolute atomic E-state index is 0.155. The van der Waals surface area contributed by atoms with Crippen LogP contribution in [0.1, 0.15) is 44.2 Å². The van der Waals surface area contributed by atoms with E-state index in [1.165, 1.54) is 24.0 Å². The van der Waals surface area contributed by atoms with Crippen LogP contribution in [0, 0.1) is 18.8 Å². The van der Waals surface area contributed by atoms with Crippen LogP contribution >= 0.6 is 0 Å².